The second-order valence-corrected chi connectivity index (χ2v) is 4.54. The number of carbonyl (C=O) groups is 2. The van der Waals surface area contributed by atoms with Crippen molar-refractivity contribution in [3.8, 4) is 0 Å². The number of urea groups is 1. The third kappa shape index (κ3) is 4.57. The van der Waals surface area contributed by atoms with Gasteiger partial charge in [-0.25, -0.2) is 9.18 Å². The topological polar surface area (TPSA) is 84.2 Å². The fraction of sp³-hybridized carbons (Fsp3) is 0.385. The Balaban J connectivity index is 2.63. The van der Waals surface area contributed by atoms with Gasteiger partial charge in [-0.1, -0.05) is 32.0 Å². The number of rotatable bonds is 5. The van der Waals surface area contributed by atoms with Crippen molar-refractivity contribution in [1.82, 2.24) is 10.6 Å². The summed E-state index contributed by atoms with van der Waals surface area (Å²) in [7, 11) is 0. The lowest BCUT2D eigenvalue weighted by Crippen LogP contribution is -2.51. The number of carbonyl (C=O) groups excluding carboxylic acids is 2. The summed E-state index contributed by atoms with van der Waals surface area (Å²) in [6, 6.07) is 4.67. The summed E-state index contributed by atoms with van der Waals surface area (Å²) in [5.41, 5.74) is 5.40. The lowest BCUT2D eigenvalue weighted by molar-refractivity contribution is -0.124. The molecule has 0 radical (unpaired) electrons. The van der Waals surface area contributed by atoms with Crippen LogP contribution in [0.5, 0.6) is 0 Å². The third-order valence-corrected chi connectivity index (χ3v) is 2.66. The molecular formula is C13H18FN3O2. The number of benzene rings is 1. The number of nitrogens with one attached hydrogen (secondary N) is 2. The molecular weight excluding hydrogens is 249 g/mol. The zero-order valence-corrected chi connectivity index (χ0v) is 10.9. The molecule has 0 bridgehead atoms. The molecule has 1 aromatic carbocycles. The van der Waals surface area contributed by atoms with Gasteiger partial charge in [-0.2, -0.15) is 0 Å². The number of nitrogens with two attached hydrogens (primary N) is 1. The van der Waals surface area contributed by atoms with Gasteiger partial charge in [-0.05, 0) is 12.0 Å². The molecule has 5 nitrogen and oxygen atoms in total. The number of amides is 3. The van der Waals surface area contributed by atoms with Gasteiger partial charge in [-0.3, -0.25) is 4.79 Å². The molecule has 0 aliphatic rings. The predicted molar refractivity (Wildman–Crippen MR) is 69.6 cm³/mol. The van der Waals surface area contributed by atoms with Crippen molar-refractivity contribution in [2.75, 3.05) is 0 Å². The first-order valence-corrected chi connectivity index (χ1v) is 5.99. The smallest absolute Gasteiger partial charge is 0.312 e. The Morgan fingerprint density at radius 3 is 2.47 bits per heavy atom. The van der Waals surface area contributed by atoms with Gasteiger partial charge in [-0.15, -0.1) is 0 Å². The summed E-state index contributed by atoms with van der Waals surface area (Å²) < 4.78 is 13.4. The van der Waals surface area contributed by atoms with Gasteiger partial charge in [0.1, 0.15) is 11.9 Å². The van der Waals surface area contributed by atoms with Crippen molar-refractivity contribution in [1.29, 1.82) is 0 Å². The monoisotopic (exact) mass is 267 g/mol. The SMILES string of the molecule is CC(C)[C@@H](NC(N)=O)C(=O)NCc1ccccc1F. The van der Waals surface area contributed by atoms with E-state index < -0.39 is 18.0 Å². The lowest BCUT2D eigenvalue weighted by atomic mass is 10.0. The fourth-order valence-electron chi connectivity index (χ4n) is 1.62. The van der Waals surface area contributed by atoms with Crippen molar-refractivity contribution in [3.63, 3.8) is 0 Å². The average Bonchev–Trinajstić information content (AvgIpc) is 2.34. The first-order valence-electron chi connectivity index (χ1n) is 5.99. The summed E-state index contributed by atoms with van der Waals surface area (Å²) >= 11 is 0. The minimum atomic E-state index is -0.764. The average molecular weight is 267 g/mol. The van der Waals surface area contributed by atoms with E-state index in [-0.39, 0.29) is 18.3 Å². The quantitative estimate of drug-likeness (QED) is 0.747. The maximum absolute atomic E-state index is 13.4. The second kappa shape index (κ2) is 6.72. The van der Waals surface area contributed by atoms with Crippen LogP contribution in [0, 0.1) is 11.7 Å². The normalized spacial score (nSPS) is 12.0. The van der Waals surface area contributed by atoms with Gasteiger partial charge in [0.05, 0.1) is 0 Å². The van der Waals surface area contributed by atoms with E-state index in [4.69, 9.17) is 5.73 Å². The van der Waals surface area contributed by atoms with Crippen molar-refractivity contribution < 1.29 is 14.0 Å². The van der Waals surface area contributed by atoms with E-state index in [2.05, 4.69) is 10.6 Å². The summed E-state index contributed by atoms with van der Waals surface area (Å²) in [6.07, 6.45) is 0. The molecule has 0 fully saturated rings. The molecule has 104 valence electrons. The molecule has 0 heterocycles. The van der Waals surface area contributed by atoms with Crippen LogP contribution in [-0.2, 0) is 11.3 Å². The van der Waals surface area contributed by atoms with Crippen molar-refractivity contribution in [2.45, 2.75) is 26.4 Å². The lowest BCUT2D eigenvalue weighted by Gasteiger charge is -2.20. The number of hydrogen-bond donors (Lipinski definition) is 3. The van der Waals surface area contributed by atoms with Crippen LogP contribution in [0.2, 0.25) is 0 Å². The highest BCUT2D eigenvalue weighted by Gasteiger charge is 2.23. The Hall–Kier alpha value is -2.11. The minimum Gasteiger partial charge on any atom is -0.352 e. The third-order valence-electron chi connectivity index (χ3n) is 2.66. The number of primary amides is 1. The van der Waals surface area contributed by atoms with Crippen LogP contribution in [0.15, 0.2) is 24.3 Å². The van der Waals surface area contributed by atoms with E-state index in [1.54, 1.807) is 32.0 Å². The van der Waals surface area contributed by atoms with Gasteiger partial charge >= 0.3 is 6.03 Å². The van der Waals surface area contributed by atoms with Gasteiger partial charge in [0.15, 0.2) is 0 Å². The van der Waals surface area contributed by atoms with E-state index >= 15 is 0 Å². The molecule has 0 saturated heterocycles. The molecule has 19 heavy (non-hydrogen) atoms. The summed E-state index contributed by atoms with van der Waals surface area (Å²) in [5.74, 6) is -0.892. The molecule has 0 spiro atoms. The number of halogens is 1. The van der Waals surface area contributed by atoms with Crippen molar-refractivity contribution in [2.24, 2.45) is 11.7 Å². The first-order chi connectivity index (χ1) is 8.91. The van der Waals surface area contributed by atoms with E-state index in [1.807, 2.05) is 0 Å². The summed E-state index contributed by atoms with van der Waals surface area (Å²) in [6.45, 7) is 3.63. The number of hydrogen-bond acceptors (Lipinski definition) is 2. The van der Waals surface area contributed by atoms with Crippen molar-refractivity contribution >= 4 is 11.9 Å². The van der Waals surface area contributed by atoms with Crippen LogP contribution >= 0.6 is 0 Å². The molecule has 1 aromatic rings. The highest BCUT2D eigenvalue weighted by Crippen LogP contribution is 2.07. The summed E-state index contributed by atoms with van der Waals surface area (Å²) in [4.78, 5) is 22.7. The molecule has 0 aliphatic carbocycles. The van der Waals surface area contributed by atoms with Gasteiger partial charge < -0.3 is 16.4 Å². The highest BCUT2D eigenvalue weighted by atomic mass is 19.1. The maximum atomic E-state index is 13.4. The first kappa shape index (κ1) is 14.9. The van der Waals surface area contributed by atoms with Crippen LogP contribution in [0.25, 0.3) is 0 Å². The second-order valence-electron chi connectivity index (χ2n) is 4.54. The Bertz CT molecular complexity index is 463. The van der Waals surface area contributed by atoms with Crippen LogP contribution in [0.4, 0.5) is 9.18 Å². The molecule has 1 rings (SSSR count). The summed E-state index contributed by atoms with van der Waals surface area (Å²) in [5, 5.41) is 4.94. The highest BCUT2D eigenvalue weighted by molar-refractivity contribution is 5.86. The predicted octanol–water partition coefficient (Wildman–Crippen LogP) is 1.13. The molecule has 4 N–H and O–H groups in total. The van der Waals surface area contributed by atoms with E-state index in [0.29, 0.717) is 5.56 Å². The molecule has 6 heteroatoms. The maximum Gasteiger partial charge on any atom is 0.312 e. The standard InChI is InChI=1S/C13H18FN3O2/c1-8(2)11(17-13(15)19)12(18)16-7-9-5-3-4-6-10(9)14/h3-6,8,11H,7H2,1-2H3,(H,16,18)(H3,15,17,19)/t11-/m1/s1. The minimum absolute atomic E-state index is 0.0647. The molecule has 0 saturated carbocycles. The van der Waals surface area contributed by atoms with Crippen LogP contribution < -0.4 is 16.4 Å². The van der Waals surface area contributed by atoms with Crippen LogP contribution in [0.3, 0.4) is 0 Å². The van der Waals surface area contributed by atoms with E-state index in [9.17, 15) is 14.0 Å². The zero-order chi connectivity index (χ0) is 14.4. The molecule has 3 amide bonds. The Morgan fingerprint density at radius 2 is 1.95 bits per heavy atom. The Labute approximate surface area is 111 Å². The Kier molecular flexibility index (Phi) is 5.29. The van der Waals surface area contributed by atoms with Crippen LogP contribution in [0.1, 0.15) is 19.4 Å². The van der Waals surface area contributed by atoms with Crippen molar-refractivity contribution in [3.05, 3.63) is 35.6 Å². The molecule has 0 unspecified atom stereocenters. The fourth-order valence-corrected chi connectivity index (χ4v) is 1.62. The van der Waals surface area contributed by atoms with Gasteiger partial charge in [0.2, 0.25) is 5.91 Å². The van der Waals surface area contributed by atoms with E-state index in [1.165, 1.54) is 6.07 Å². The molecule has 1 atom stereocenters. The Morgan fingerprint density at radius 1 is 1.32 bits per heavy atom. The van der Waals surface area contributed by atoms with Gasteiger partial charge in [0, 0.05) is 12.1 Å². The molecule has 0 aromatic heterocycles. The van der Waals surface area contributed by atoms with Gasteiger partial charge in [0.25, 0.3) is 0 Å². The van der Waals surface area contributed by atoms with E-state index in [0.717, 1.165) is 0 Å². The van der Waals surface area contributed by atoms with Crippen LogP contribution in [-0.4, -0.2) is 18.0 Å². The zero-order valence-electron chi connectivity index (χ0n) is 10.9. The molecule has 0 aliphatic heterocycles. The largest absolute Gasteiger partial charge is 0.352 e.